The number of rotatable bonds is 9. The molecule has 3 aromatic rings. The monoisotopic (exact) mass is 452 g/mol. The molecule has 1 unspecified atom stereocenters. The van der Waals surface area contributed by atoms with E-state index in [-0.39, 0.29) is 18.1 Å². The Bertz CT molecular complexity index is 1080. The fraction of sp³-hybridized carbons (Fsp3) is 0.231. The molecular weight excluding hydrogens is 426 g/mol. The second kappa shape index (κ2) is 10.8. The molecule has 0 aliphatic carbocycles. The predicted molar refractivity (Wildman–Crippen MR) is 128 cm³/mol. The molecule has 0 spiro atoms. The molecule has 166 valence electrons. The van der Waals surface area contributed by atoms with Gasteiger partial charge in [-0.25, -0.2) is 0 Å². The largest absolute Gasteiger partial charge is 0.593 e. The molecule has 5 nitrogen and oxygen atoms in total. The summed E-state index contributed by atoms with van der Waals surface area (Å²) >= 11 is 6.60. The predicted octanol–water partition coefficient (Wildman–Crippen LogP) is 5.48. The maximum absolute atomic E-state index is 12.4. The Morgan fingerprint density at radius 3 is 2.31 bits per heavy atom. The highest BCUT2D eigenvalue weighted by Gasteiger charge is 2.27. The van der Waals surface area contributed by atoms with Crippen molar-refractivity contribution in [1.29, 1.82) is 5.41 Å². The Hall–Kier alpha value is -3.31. The van der Waals surface area contributed by atoms with Crippen LogP contribution in [0.15, 0.2) is 66.7 Å². The van der Waals surface area contributed by atoms with Gasteiger partial charge in [0.15, 0.2) is 0 Å². The molecule has 3 N–H and O–H groups in total. The lowest BCUT2D eigenvalue weighted by atomic mass is 9.96. The van der Waals surface area contributed by atoms with E-state index in [0.717, 1.165) is 12.0 Å². The fourth-order valence-electron chi connectivity index (χ4n) is 3.58. The van der Waals surface area contributed by atoms with E-state index in [4.69, 9.17) is 31.6 Å². The molecule has 0 saturated carbocycles. The lowest BCUT2D eigenvalue weighted by Crippen LogP contribution is -2.21. The maximum atomic E-state index is 12.4. The van der Waals surface area contributed by atoms with Gasteiger partial charge in [-0.05, 0) is 18.1 Å². The number of halogens is 1. The Kier molecular flexibility index (Phi) is 7.90. The minimum atomic E-state index is -0.622. The van der Waals surface area contributed by atoms with E-state index < -0.39 is 11.9 Å². The normalized spacial score (nSPS) is 11.6. The average Bonchev–Trinajstić information content (AvgIpc) is 2.83. The molecular formula is C26H27ClNO4+. The standard InChI is InChI=1S/C26H26ClNO4/c1-3-10-19-24(29)20(23(28)18-13-8-5-9-14-18)15-22(27)25(19)32-16-21(26(30)31-2)17-11-6-4-7-12-17/h4-9,11-15,21,28-29H,3,10,16H2,1-2H3/p+1. The first-order valence-electron chi connectivity index (χ1n) is 10.4. The van der Waals surface area contributed by atoms with Crippen LogP contribution in [0.25, 0.3) is 0 Å². The van der Waals surface area contributed by atoms with Crippen molar-refractivity contribution < 1.29 is 19.4 Å². The fourth-order valence-corrected chi connectivity index (χ4v) is 3.86. The van der Waals surface area contributed by atoms with E-state index >= 15 is 0 Å². The van der Waals surface area contributed by atoms with Gasteiger partial charge >= 0.3 is 5.97 Å². The van der Waals surface area contributed by atoms with Crippen LogP contribution in [0.4, 0.5) is 0 Å². The molecule has 3 aromatic carbocycles. The minimum absolute atomic E-state index is 0.0298. The third-order valence-corrected chi connectivity index (χ3v) is 5.53. The zero-order valence-corrected chi connectivity index (χ0v) is 18.9. The SMILES string of the molecule is CCCc1c([OH2+])c(C(=N)c2ccccc2)cc(Cl)c1OCC(C(=O)OC)c1ccccc1. The molecule has 0 saturated heterocycles. The van der Waals surface area contributed by atoms with Gasteiger partial charge in [0.1, 0.15) is 18.3 Å². The third kappa shape index (κ3) is 5.11. The number of hydrogen-bond acceptors (Lipinski definition) is 4. The van der Waals surface area contributed by atoms with E-state index in [0.29, 0.717) is 33.9 Å². The van der Waals surface area contributed by atoms with E-state index in [2.05, 4.69) is 0 Å². The number of methoxy groups -OCH3 is 1. The maximum Gasteiger partial charge on any atom is 0.316 e. The molecule has 0 aromatic heterocycles. The van der Waals surface area contributed by atoms with Gasteiger partial charge in [0, 0.05) is 5.56 Å². The highest BCUT2D eigenvalue weighted by Crippen LogP contribution is 2.40. The lowest BCUT2D eigenvalue weighted by molar-refractivity contribution is -0.143. The number of carbonyl (C=O) groups is 1. The number of carbonyl (C=O) groups excluding carboxylic acids is 1. The van der Waals surface area contributed by atoms with Crippen molar-refractivity contribution in [3.8, 4) is 11.5 Å². The Balaban J connectivity index is 1.96. The van der Waals surface area contributed by atoms with Crippen LogP contribution in [0.2, 0.25) is 5.02 Å². The first-order chi connectivity index (χ1) is 15.5. The van der Waals surface area contributed by atoms with Crippen molar-refractivity contribution in [2.75, 3.05) is 13.7 Å². The summed E-state index contributed by atoms with van der Waals surface area (Å²) in [5.74, 6) is -0.427. The average molecular weight is 453 g/mol. The molecule has 0 fully saturated rings. The summed E-state index contributed by atoms with van der Waals surface area (Å²) in [5, 5.41) is 17.7. The van der Waals surface area contributed by atoms with Crippen molar-refractivity contribution in [3.63, 3.8) is 0 Å². The number of nitrogens with one attached hydrogen (secondary N) is 1. The molecule has 0 aliphatic heterocycles. The van der Waals surface area contributed by atoms with E-state index in [1.165, 1.54) is 7.11 Å². The molecule has 6 heteroatoms. The zero-order chi connectivity index (χ0) is 23.1. The summed E-state index contributed by atoms with van der Waals surface area (Å²) in [6.45, 7) is 2.04. The summed E-state index contributed by atoms with van der Waals surface area (Å²) in [4.78, 5) is 12.4. The summed E-state index contributed by atoms with van der Waals surface area (Å²) in [5.41, 5.74) is 2.80. The third-order valence-electron chi connectivity index (χ3n) is 5.25. The molecule has 0 radical (unpaired) electrons. The van der Waals surface area contributed by atoms with Gasteiger partial charge in [0.05, 0.1) is 29.0 Å². The van der Waals surface area contributed by atoms with Crippen LogP contribution < -0.4 is 4.74 Å². The van der Waals surface area contributed by atoms with Crippen LogP contribution >= 0.6 is 11.6 Å². The van der Waals surface area contributed by atoms with Crippen LogP contribution in [0.1, 0.15) is 41.5 Å². The molecule has 1 atom stereocenters. The van der Waals surface area contributed by atoms with Crippen molar-refractivity contribution >= 4 is 23.3 Å². The van der Waals surface area contributed by atoms with Crippen LogP contribution in [0.3, 0.4) is 0 Å². The smallest absolute Gasteiger partial charge is 0.316 e. The second-order valence-electron chi connectivity index (χ2n) is 7.38. The Morgan fingerprint density at radius 2 is 1.72 bits per heavy atom. The van der Waals surface area contributed by atoms with E-state index in [1.54, 1.807) is 6.07 Å². The molecule has 0 amide bonds. The molecule has 0 heterocycles. The van der Waals surface area contributed by atoms with Crippen LogP contribution in [0, 0.1) is 5.41 Å². The topological polar surface area (TPSA) is 82.3 Å². The number of ether oxygens (including phenoxy) is 2. The summed E-state index contributed by atoms with van der Waals surface area (Å²) in [6, 6.07) is 20.1. The van der Waals surface area contributed by atoms with Gasteiger partial charge in [0.2, 0.25) is 0 Å². The Labute approximate surface area is 193 Å². The molecule has 0 aliphatic rings. The van der Waals surface area contributed by atoms with Gasteiger partial charge in [0.25, 0.3) is 5.75 Å². The molecule has 32 heavy (non-hydrogen) atoms. The number of esters is 1. The van der Waals surface area contributed by atoms with Gasteiger partial charge in [-0.3, -0.25) is 10.2 Å². The summed E-state index contributed by atoms with van der Waals surface area (Å²) in [7, 11) is 1.35. The minimum Gasteiger partial charge on any atom is -0.593 e. The van der Waals surface area contributed by atoms with Gasteiger partial charge in [-0.2, -0.15) is 0 Å². The van der Waals surface area contributed by atoms with Crippen LogP contribution in [-0.2, 0) is 16.0 Å². The van der Waals surface area contributed by atoms with E-state index in [9.17, 15) is 4.79 Å². The summed E-state index contributed by atoms with van der Waals surface area (Å²) < 4.78 is 11.0. The highest BCUT2D eigenvalue weighted by atomic mass is 35.5. The number of benzene rings is 3. The summed E-state index contributed by atoms with van der Waals surface area (Å²) in [6.07, 6.45) is 1.35. The zero-order valence-electron chi connectivity index (χ0n) is 18.2. The van der Waals surface area contributed by atoms with Crippen molar-refractivity contribution in [3.05, 3.63) is 94.0 Å². The quantitative estimate of drug-likeness (QED) is 0.265. The van der Waals surface area contributed by atoms with Crippen LogP contribution in [-0.4, -0.2) is 30.5 Å². The number of hydrogen-bond donors (Lipinski definition) is 1. The van der Waals surface area contributed by atoms with Crippen LogP contribution in [0.5, 0.6) is 11.5 Å². The van der Waals surface area contributed by atoms with Gasteiger partial charge in [-0.1, -0.05) is 85.6 Å². The van der Waals surface area contributed by atoms with Gasteiger partial charge < -0.3 is 14.6 Å². The highest BCUT2D eigenvalue weighted by molar-refractivity contribution is 6.33. The molecule has 0 bridgehead atoms. The van der Waals surface area contributed by atoms with Crippen molar-refractivity contribution in [2.24, 2.45) is 0 Å². The lowest BCUT2D eigenvalue weighted by Gasteiger charge is -2.19. The van der Waals surface area contributed by atoms with Crippen molar-refractivity contribution in [2.45, 2.75) is 25.7 Å². The first-order valence-corrected chi connectivity index (χ1v) is 10.8. The molecule has 3 rings (SSSR count). The Morgan fingerprint density at radius 1 is 1.09 bits per heavy atom. The van der Waals surface area contributed by atoms with E-state index in [1.807, 2.05) is 67.6 Å². The first kappa shape index (κ1) is 23.4. The van der Waals surface area contributed by atoms with Crippen molar-refractivity contribution in [1.82, 2.24) is 0 Å². The van der Waals surface area contributed by atoms with Gasteiger partial charge in [-0.15, -0.1) is 0 Å². The second-order valence-corrected chi connectivity index (χ2v) is 7.78.